The van der Waals surface area contributed by atoms with Crippen LogP contribution in [0.3, 0.4) is 0 Å². The first-order valence-electron chi connectivity index (χ1n) is 12.0. The lowest BCUT2D eigenvalue weighted by atomic mass is 9.90. The Kier molecular flexibility index (Phi) is 8.43. The molecule has 0 bridgehead atoms. The van der Waals surface area contributed by atoms with E-state index in [2.05, 4.69) is 11.4 Å². The third kappa shape index (κ3) is 5.86. The first kappa shape index (κ1) is 26.0. The van der Waals surface area contributed by atoms with Crippen molar-refractivity contribution in [2.75, 3.05) is 6.61 Å². The van der Waals surface area contributed by atoms with E-state index in [-0.39, 0.29) is 30.4 Å². The summed E-state index contributed by atoms with van der Waals surface area (Å²) in [5, 5.41) is 19.3. The molecule has 1 amide bonds. The van der Waals surface area contributed by atoms with Crippen LogP contribution in [0, 0.1) is 5.92 Å². The maximum Gasteiger partial charge on any atom is 0.272 e. The summed E-state index contributed by atoms with van der Waals surface area (Å²) in [6.45, 7) is 3.80. The molecule has 0 spiro atoms. The Morgan fingerprint density at radius 2 is 1.91 bits per heavy atom. The van der Waals surface area contributed by atoms with Gasteiger partial charge < -0.3 is 10.4 Å². The maximum atomic E-state index is 13.4. The Hall–Kier alpha value is -2.05. The summed E-state index contributed by atoms with van der Waals surface area (Å²) in [4.78, 5) is 13.4. The fourth-order valence-corrected chi connectivity index (χ4v) is 5.49. The van der Waals surface area contributed by atoms with Crippen LogP contribution in [0.25, 0.3) is 5.69 Å². The van der Waals surface area contributed by atoms with Crippen molar-refractivity contribution >= 4 is 40.7 Å². The number of aliphatic hydroxyl groups excluding tert-OH is 1. The molecule has 0 fully saturated rings. The van der Waals surface area contributed by atoms with Crippen LogP contribution >= 0.6 is 34.8 Å². The van der Waals surface area contributed by atoms with Crippen LogP contribution in [0.4, 0.5) is 0 Å². The van der Waals surface area contributed by atoms with Gasteiger partial charge in [0.2, 0.25) is 0 Å². The third-order valence-electron chi connectivity index (χ3n) is 6.68. The highest BCUT2D eigenvalue weighted by Crippen LogP contribution is 2.38. The average molecular weight is 535 g/mol. The minimum atomic E-state index is -0.351. The van der Waals surface area contributed by atoms with Crippen molar-refractivity contribution < 1.29 is 9.90 Å². The number of carbonyl (C=O) groups excluding carboxylic acids is 1. The van der Waals surface area contributed by atoms with Gasteiger partial charge in [0.25, 0.3) is 5.91 Å². The number of fused-ring (bicyclic) bond motifs is 1. The second-order valence-electron chi connectivity index (χ2n) is 9.50. The molecule has 1 aromatic heterocycles. The Morgan fingerprint density at radius 1 is 1.14 bits per heavy atom. The summed E-state index contributed by atoms with van der Waals surface area (Å²) in [5.41, 5.74) is 4.16. The summed E-state index contributed by atoms with van der Waals surface area (Å²) in [6.07, 6.45) is 4.49. The number of hydrogen-bond donors (Lipinski definition) is 2. The number of aromatic nitrogens is 2. The minimum Gasteiger partial charge on any atom is -0.394 e. The maximum absolute atomic E-state index is 13.4. The largest absolute Gasteiger partial charge is 0.394 e. The quantitative estimate of drug-likeness (QED) is 0.334. The molecule has 0 aliphatic heterocycles. The molecule has 0 radical (unpaired) electrons. The van der Waals surface area contributed by atoms with Crippen LogP contribution < -0.4 is 5.32 Å². The first-order chi connectivity index (χ1) is 16.8. The first-order valence-corrected chi connectivity index (χ1v) is 13.1. The second-order valence-corrected chi connectivity index (χ2v) is 10.8. The molecule has 0 unspecified atom stereocenters. The summed E-state index contributed by atoms with van der Waals surface area (Å²) >= 11 is 19.1. The number of nitrogens with one attached hydrogen (secondary N) is 1. The van der Waals surface area contributed by atoms with Crippen molar-refractivity contribution in [1.29, 1.82) is 0 Å². The Labute approximate surface area is 221 Å². The number of aliphatic hydroxyl groups is 1. The predicted molar refractivity (Wildman–Crippen MR) is 142 cm³/mol. The van der Waals surface area contributed by atoms with Crippen molar-refractivity contribution in [3.05, 3.63) is 80.0 Å². The van der Waals surface area contributed by atoms with Crippen molar-refractivity contribution in [3.63, 3.8) is 0 Å². The van der Waals surface area contributed by atoms with Crippen molar-refractivity contribution in [1.82, 2.24) is 15.1 Å². The standard InChI is InChI=1S/C27H30Cl3N3O2/c1-16(2)23(15-34)31-27(35)25-21-9-4-3-7-18(12-17-6-5-8-19(28)13-17)26(21)33(32-25)24-11-10-20(29)14-22(24)30/h5-6,8,10-11,13-14,16,18,23,34H,3-4,7,9,12,15H2,1-2H3,(H,31,35)/t18-,23+/m0/s1. The van der Waals surface area contributed by atoms with Crippen molar-refractivity contribution in [3.8, 4) is 5.69 Å². The zero-order valence-electron chi connectivity index (χ0n) is 19.9. The number of halogens is 3. The summed E-state index contributed by atoms with van der Waals surface area (Å²) in [7, 11) is 0. The van der Waals surface area contributed by atoms with Crippen LogP contribution in [0.1, 0.15) is 66.3 Å². The van der Waals surface area contributed by atoms with Crippen LogP contribution in [0.15, 0.2) is 42.5 Å². The lowest BCUT2D eigenvalue weighted by Gasteiger charge is -2.20. The third-order valence-corrected chi connectivity index (χ3v) is 7.45. The van der Waals surface area contributed by atoms with Gasteiger partial charge in [-0.05, 0) is 67.5 Å². The highest BCUT2D eigenvalue weighted by molar-refractivity contribution is 6.35. The molecule has 1 heterocycles. The van der Waals surface area contributed by atoms with E-state index in [9.17, 15) is 9.90 Å². The molecule has 1 aliphatic carbocycles. The van der Waals surface area contributed by atoms with E-state index in [0.29, 0.717) is 26.4 Å². The average Bonchev–Trinajstić information content (AvgIpc) is 3.06. The molecule has 4 rings (SSSR count). The molecular weight excluding hydrogens is 505 g/mol. The molecule has 1 aliphatic rings. The van der Waals surface area contributed by atoms with Gasteiger partial charge in [0.05, 0.1) is 29.1 Å². The fourth-order valence-electron chi connectivity index (χ4n) is 4.78. The molecular formula is C27H30Cl3N3O2. The lowest BCUT2D eigenvalue weighted by molar-refractivity contribution is 0.0890. The van der Waals surface area contributed by atoms with Gasteiger partial charge >= 0.3 is 0 Å². The van der Waals surface area contributed by atoms with Gasteiger partial charge in [0, 0.05) is 21.5 Å². The molecule has 8 heteroatoms. The van der Waals surface area contributed by atoms with Gasteiger partial charge in [-0.25, -0.2) is 4.68 Å². The van der Waals surface area contributed by atoms with Gasteiger partial charge in [0.15, 0.2) is 5.69 Å². The van der Waals surface area contributed by atoms with E-state index in [4.69, 9.17) is 39.9 Å². The molecule has 3 aromatic rings. The van der Waals surface area contributed by atoms with Gasteiger partial charge in [-0.2, -0.15) is 5.10 Å². The summed E-state index contributed by atoms with van der Waals surface area (Å²) in [6, 6.07) is 12.9. The molecule has 0 saturated heterocycles. The smallest absolute Gasteiger partial charge is 0.272 e. The number of benzene rings is 2. The molecule has 0 saturated carbocycles. The highest BCUT2D eigenvalue weighted by Gasteiger charge is 2.32. The number of carbonyl (C=O) groups is 1. The Morgan fingerprint density at radius 3 is 2.60 bits per heavy atom. The van der Waals surface area contributed by atoms with Crippen molar-refractivity contribution in [2.45, 2.75) is 57.9 Å². The number of amides is 1. The van der Waals surface area contributed by atoms with Gasteiger partial charge in [-0.15, -0.1) is 0 Å². The van der Waals surface area contributed by atoms with Crippen LogP contribution in [0.2, 0.25) is 15.1 Å². The molecule has 2 aromatic carbocycles. The lowest BCUT2D eigenvalue weighted by Crippen LogP contribution is -2.41. The molecule has 2 N–H and O–H groups in total. The minimum absolute atomic E-state index is 0.0888. The van der Waals surface area contributed by atoms with Crippen LogP contribution in [0.5, 0.6) is 0 Å². The van der Waals surface area contributed by atoms with Gasteiger partial charge in [-0.3, -0.25) is 4.79 Å². The van der Waals surface area contributed by atoms with E-state index < -0.39 is 0 Å². The van der Waals surface area contributed by atoms with E-state index >= 15 is 0 Å². The van der Waals surface area contributed by atoms with E-state index in [1.165, 1.54) is 0 Å². The van der Waals surface area contributed by atoms with E-state index in [0.717, 1.165) is 48.9 Å². The van der Waals surface area contributed by atoms with E-state index in [1.54, 1.807) is 12.1 Å². The fraction of sp³-hybridized carbons (Fsp3) is 0.407. The Balaban J connectivity index is 1.84. The van der Waals surface area contributed by atoms with Crippen LogP contribution in [-0.2, 0) is 12.8 Å². The van der Waals surface area contributed by atoms with E-state index in [1.807, 2.05) is 42.8 Å². The zero-order chi connectivity index (χ0) is 25.1. The topological polar surface area (TPSA) is 67.2 Å². The van der Waals surface area contributed by atoms with Gasteiger partial charge in [-0.1, -0.05) is 67.2 Å². The highest BCUT2D eigenvalue weighted by atomic mass is 35.5. The molecule has 2 atom stereocenters. The normalized spacial score (nSPS) is 16.6. The number of nitrogens with zero attached hydrogens (tertiary/aromatic N) is 2. The second kappa shape index (κ2) is 11.3. The van der Waals surface area contributed by atoms with Gasteiger partial charge in [0.1, 0.15) is 0 Å². The SMILES string of the molecule is CC(C)[C@@H](CO)NC(=O)c1nn(-c2ccc(Cl)cc2Cl)c2c1CCCC[C@H]2Cc1cccc(Cl)c1. The molecule has 35 heavy (non-hydrogen) atoms. The molecule has 186 valence electrons. The summed E-state index contributed by atoms with van der Waals surface area (Å²) < 4.78 is 1.83. The predicted octanol–water partition coefficient (Wildman–Crippen LogP) is 6.63. The van der Waals surface area contributed by atoms with Crippen molar-refractivity contribution in [2.24, 2.45) is 5.92 Å². The van der Waals surface area contributed by atoms with Crippen LogP contribution in [-0.4, -0.2) is 33.4 Å². The number of rotatable bonds is 7. The summed E-state index contributed by atoms with van der Waals surface area (Å²) in [5.74, 6) is -0.0577. The number of hydrogen-bond acceptors (Lipinski definition) is 3. The zero-order valence-corrected chi connectivity index (χ0v) is 22.2. The monoisotopic (exact) mass is 533 g/mol. The molecule has 5 nitrogen and oxygen atoms in total. The Bertz CT molecular complexity index is 1210.